The zero-order valence-electron chi connectivity index (χ0n) is 19.3. The molecule has 1 fully saturated rings. The van der Waals surface area contributed by atoms with E-state index in [1.807, 2.05) is 6.07 Å². The van der Waals surface area contributed by atoms with E-state index >= 15 is 0 Å². The first kappa shape index (κ1) is 22.8. The second kappa shape index (κ2) is 11.5. The van der Waals surface area contributed by atoms with Crippen molar-refractivity contribution >= 4 is 11.6 Å². The second-order valence-electron chi connectivity index (χ2n) is 9.09. The molecular weight excluding hydrogens is 398 g/mol. The lowest BCUT2D eigenvalue weighted by molar-refractivity contribution is -0.130. The van der Waals surface area contributed by atoms with E-state index < -0.39 is 0 Å². The number of carbonyl (C=O) groups is 1. The van der Waals surface area contributed by atoms with Crippen LogP contribution in [0.5, 0.6) is 0 Å². The van der Waals surface area contributed by atoms with E-state index in [-0.39, 0.29) is 17.9 Å². The van der Waals surface area contributed by atoms with Gasteiger partial charge in [-0.2, -0.15) is 0 Å². The Balaban J connectivity index is 1.29. The van der Waals surface area contributed by atoms with Crippen molar-refractivity contribution in [3.05, 3.63) is 65.7 Å². The molecule has 2 aromatic carbocycles. The molecule has 2 atom stereocenters. The summed E-state index contributed by atoms with van der Waals surface area (Å²) in [5.74, 6) is 0.173. The van der Waals surface area contributed by atoms with Crippen LogP contribution in [0.1, 0.15) is 36.8 Å². The van der Waals surface area contributed by atoms with Gasteiger partial charge in [0.1, 0.15) is 0 Å². The number of nitrogens with zero attached hydrogens (tertiary/aromatic N) is 2. The monoisotopic (exact) mass is 435 g/mol. The Hall–Kier alpha value is -2.37. The van der Waals surface area contributed by atoms with Crippen molar-refractivity contribution < 1.29 is 9.53 Å². The first-order chi connectivity index (χ1) is 15.8. The molecule has 1 N–H and O–H groups in total. The number of hydrogen-bond acceptors (Lipinski definition) is 4. The quantitative estimate of drug-likeness (QED) is 0.608. The minimum atomic E-state index is -0.0110. The van der Waals surface area contributed by atoms with Crippen molar-refractivity contribution in [3.63, 3.8) is 0 Å². The SMILES string of the molecule is COC[C@@H]1[C@H](C(=O)NCCCN2CCCc3ccccc32)CCCN1Cc1ccccc1. The maximum atomic E-state index is 13.1. The number of methoxy groups -OCH3 is 1. The minimum Gasteiger partial charge on any atom is -0.383 e. The van der Waals surface area contributed by atoms with Crippen LogP contribution >= 0.6 is 0 Å². The molecule has 5 nitrogen and oxygen atoms in total. The molecule has 2 heterocycles. The van der Waals surface area contributed by atoms with Crippen molar-refractivity contribution in [1.29, 1.82) is 0 Å². The number of nitrogens with one attached hydrogen (secondary N) is 1. The van der Waals surface area contributed by atoms with Crippen LogP contribution in [0.3, 0.4) is 0 Å². The Morgan fingerprint density at radius 2 is 1.88 bits per heavy atom. The molecule has 2 aromatic rings. The molecule has 1 amide bonds. The van der Waals surface area contributed by atoms with Crippen LogP contribution in [0.25, 0.3) is 0 Å². The number of amides is 1. The number of anilines is 1. The van der Waals surface area contributed by atoms with Gasteiger partial charge in [-0.3, -0.25) is 9.69 Å². The molecule has 0 radical (unpaired) electrons. The predicted octanol–water partition coefficient (Wildman–Crippen LogP) is 3.87. The summed E-state index contributed by atoms with van der Waals surface area (Å²) in [5, 5.41) is 3.24. The smallest absolute Gasteiger partial charge is 0.224 e. The summed E-state index contributed by atoms with van der Waals surface area (Å²) in [7, 11) is 1.74. The van der Waals surface area contributed by atoms with Crippen molar-refractivity contribution in [2.45, 2.75) is 44.7 Å². The largest absolute Gasteiger partial charge is 0.383 e. The molecule has 0 spiro atoms. The van der Waals surface area contributed by atoms with Crippen molar-refractivity contribution in [2.24, 2.45) is 5.92 Å². The zero-order valence-corrected chi connectivity index (χ0v) is 19.3. The first-order valence-electron chi connectivity index (χ1n) is 12.1. The number of likely N-dealkylation sites (tertiary alicyclic amines) is 1. The number of para-hydroxylation sites is 1. The Kier molecular flexibility index (Phi) is 8.18. The molecule has 0 unspecified atom stereocenters. The van der Waals surface area contributed by atoms with Crippen molar-refractivity contribution in [1.82, 2.24) is 10.2 Å². The molecule has 2 aliphatic rings. The van der Waals surface area contributed by atoms with Gasteiger partial charge in [0.2, 0.25) is 5.91 Å². The molecule has 1 saturated heterocycles. The highest BCUT2D eigenvalue weighted by molar-refractivity contribution is 5.79. The zero-order chi connectivity index (χ0) is 22.2. The summed E-state index contributed by atoms with van der Waals surface area (Å²) >= 11 is 0. The standard InChI is InChI=1S/C27H37N3O2/c1-32-21-26-24(14-8-18-30(26)20-22-10-3-2-4-11-22)27(31)28-16-9-19-29-17-7-13-23-12-5-6-15-25(23)29/h2-6,10-12,15,24,26H,7-9,13-14,16-21H2,1H3,(H,28,31)/t24-,26-/m1/s1. The van der Waals surface area contributed by atoms with Crippen LogP contribution in [0.4, 0.5) is 5.69 Å². The Morgan fingerprint density at radius 1 is 1.06 bits per heavy atom. The highest BCUT2D eigenvalue weighted by Gasteiger charge is 2.35. The Bertz CT molecular complexity index is 857. The van der Waals surface area contributed by atoms with E-state index in [0.29, 0.717) is 6.61 Å². The molecule has 0 saturated carbocycles. The molecule has 2 aliphatic heterocycles. The van der Waals surface area contributed by atoms with E-state index in [1.165, 1.54) is 29.7 Å². The van der Waals surface area contributed by atoms with Crippen LogP contribution in [0, 0.1) is 5.92 Å². The van der Waals surface area contributed by atoms with Crippen LogP contribution in [-0.2, 0) is 22.5 Å². The van der Waals surface area contributed by atoms with Crippen LogP contribution in [-0.4, -0.2) is 56.7 Å². The van der Waals surface area contributed by atoms with Gasteiger partial charge < -0.3 is 15.0 Å². The van der Waals surface area contributed by atoms with Crippen LogP contribution in [0.2, 0.25) is 0 Å². The van der Waals surface area contributed by atoms with Gasteiger partial charge in [0.05, 0.1) is 12.5 Å². The summed E-state index contributed by atoms with van der Waals surface area (Å²) in [5.41, 5.74) is 4.11. The molecule has 0 bridgehead atoms. The lowest BCUT2D eigenvalue weighted by Gasteiger charge is -2.40. The van der Waals surface area contributed by atoms with Gasteiger partial charge >= 0.3 is 0 Å². The first-order valence-corrected chi connectivity index (χ1v) is 12.1. The molecule has 32 heavy (non-hydrogen) atoms. The normalized spacial score (nSPS) is 21.2. The maximum Gasteiger partial charge on any atom is 0.224 e. The van der Waals surface area contributed by atoms with Crippen LogP contribution in [0.15, 0.2) is 54.6 Å². The number of ether oxygens (including phenoxy) is 1. The molecule has 0 aromatic heterocycles. The topological polar surface area (TPSA) is 44.8 Å². The van der Waals surface area contributed by atoms with E-state index in [0.717, 1.165) is 52.0 Å². The number of rotatable bonds is 9. The fraction of sp³-hybridized carbons (Fsp3) is 0.519. The maximum absolute atomic E-state index is 13.1. The molecule has 5 heteroatoms. The Labute approximate surface area is 192 Å². The third-order valence-corrected chi connectivity index (χ3v) is 6.91. The van der Waals surface area contributed by atoms with Gasteiger partial charge in [-0.15, -0.1) is 0 Å². The van der Waals surface area contributed by atoms with Gasteiger partial charge in [0.25, 0.3) is 0 Å². The number of aryl methyl sites for hydroxylation is 1. The highest BCUT2D eigenvalue weighted by atomic mass is 16.5. The number of piperidine rings is 1. The van der Waals surface area contributed by atoms with E-state index in [9.17, 15) is 4.79 Å². The van der Waals surface area contributed by atoms with E-state index in [4.69, 9.17) is 4.74 Å². The van der Waals surface area contributed by atoms with Crippen LogP contribution < -0.4 is 10.2 Å². The molecule has 0 aliphatic carbocycles. The van der Waals surface area contributed by atoms with Crippen molar-refractivity contribution in [2.75, 3.05) is 44.8 Å². The van der Waals surface area contributed by atoms with Crippen molar-refractivity contribution in [3.8, 4) is 0 Å². The van der Waals surface area contributed by atoms with E-state index in [2.05, 4.69) is 63.6 Å². The number of carbonyl (C=O) groups excluding carboxylic acids is 1. The van der Waals surface area contributed by atoms with Gasteiger partial charge in [-0.1, -0.05) is 48.5 Å². The fourth-order valence-electron chi connectivity index (χ4n) is 5.30. The third-order valence-electron chi connectivity index (χ3n) is 6.91. The second-order valence-corrected chi connectivity index (χ2v) is 9.09. The van der Waals surface area contributed by atoms with Gasteiger partial charge in [0.15, 0.2) is 0 Å². The van der Waals surface area contributed by atoms with Gasteiger partial charge in [-0.05, 0) is 55.8 Å². The average molecular weight is 436 g/mol. The highest BCUT2D eigenvalue weighted by Crippen LogP contribution is 2.27. The Morgan fingerprint density at radius 3 is 2.72 bits per heavy atom. The molecule has 172 valence electrons. The van der Waals surface area contributed by atoms with Gasteiger partial charge in [-0.25, -0.2) is 0 Å². The lowest BCUT2D eigenvalue weighted by atomic mass is 9.88. The average Bonchev–Trinajstić information content (AvgIpc) is 2.83. The number of fused-ring (bicyclic) bond motifs is 1. The van der Waals surface area contributed by atoms with Gasteiger partial charge in [0, 0.05) is 45.0 Å². The summed E-state index contributed by atoms with van der Waals surface area (Å²) in [6.45, 7) is 5.30. The summed E-state index contributed by atoms with van der Waals surface area (Å²) < 4.78 is 5.54. The summed E-state index contributed by atoms with van der Waals surface area (Å²) in [6, 6.07) is 19.4. The number of benzene rings is 2. The lowest BCUT2D eigenvalue weighted by Crippen LogP contribution is -2.52. The summed E-state index contributed by atoms with van der Waals surface area (Å²) in [4.78, 5) is 18.0. The fourth-order valence-corrected chi connectivity index (χ4v) is 5.30. The third kappa shape index (κ3) is 5.70. The predicted molar refractivity (Wildman–Crippen MR) is 130 cm³/mol. The minimum absolute atomic E-state index is 0.0110. The summed E-state index contributed by atoms with van der Waals surface area (Å²) in [6.07, 6.45) is 5.34. The molecular formula is C27H37N3O2. The van der Waals surface area contributed by atoms with E-state index in [1.54, 1.807) is 7.11 Å². The number of hydrogen-bond donors (Lipinski definition) is 1. The molecule has 4 rings (SSSR count).